The molecular weight excluding hydrogens is 368 g/mol. The maximum atomic E-state index is 11.9. The quantitative estimate of drug-likeness (QED) is 0.451. The molecule has 3 rings (SSSR count). The topological polar surface area (TPSA) is 65.0 Å². The molecule has 1 N–H and O–H groups in total. The number of aliphatic imine (C=N–C) groups is 1. The van der Waals surface area contributed by atoms with Crippen molar-refractivity contribution < 1.29 is 8.42 Å². The second-order valence-corrected chi connectivity index (χ2v) is 9.95. The molecule has 1 aromatic carbocycles. The van der Waals surface area contributed by atoms with E-state index in [4.69, 9.17) is 0 Å². The molecular formula is C18H28N4O2S2. The van der Waals surface area contributed by atoms with Crippen molar-refractivity contribution in [1.82, 2.24) is 14.5 Å². The lowest BCUT2D eigenvalue weighted by molar-refractivity contribution is 0.432. The molecule has 2 aliphatic heterocycles. The van der Waals surface area contributed by atoms with Crippen LogP contribution in [0.5, 0.6) is 0 Å². The van der Waals surface area contributed by atoms with Crippen LogP contribution in [0.3, 0.4) is 0 Å². The van der Waals surface area contributed by atoms with Gasteiger partial charge in [-0.3, -0.25) is 4.99 Å². The van der Waals surface area contributed by atoms with Gasteiger partial charge in [0.15, 0.2) is 5.96 Å². The summed E-state index contributed by atoms with van der Waals surface area (Å²) in [5.41, 5.74) is 0. The van der Waals surface area contributed by atoms with E-state index in [9.17, 15) is 8.42 Å². The predicted octanol–water partition coefficient (Wildman–Crippen LogP) is 1.71. The molecule has 0 aliphatic carbocycles. The highest BCUT2D eigenvalue weighted by Crippen LogP contribution is 2.25. The Kier molecular flexibility index (Phi) is 6.83. The third-order valence-corrected chi connectivity index (χ3v) is 8.07. The van der Waals surface area contributed by atoms with Crippen LogP contribution >= 0.6 is 11.8 Å². The Balaban J connectivity index is 1.41. The largest absolute Gasteiger partial charge is 0.355 e. The highest BCUT2D eigenvalue weighted by Gasteiger charge is 2.28. The van der Waals surface area contributed by atoms with E-state index in [0.717, 1.165) is 31.2 Å². The fourth-order valence-electron chi connectivity index (χ4n) is 3.46. The Morgan fingerprint density at radius 2 is 2.12 bits per heavy atom. The van der Waals surface area contributed by atoms with E-state index in [-0.39, 0.29) is 5.75 Å². The summed E-state index contributed by atoms with van der Waals surface area (Å²) < 4.78 is 25.3. The fraction of sp³-hybridized carbons (Fsp3) is 0.611. The number of rotatable bonds is 6. The van der Waals surface area contributed by atoms with E-state index < -0.39 is 10.0 Å². The monoisotopic (exact) mass is 396 g/mol. The van der Waals surface area contributed by atoms with Crippen LogP contribution in [-0.4, -0.2) is 74.9 Å². The summed E-state index contributed by atoms with van der Waals surface area (Å²) in [7, 11) is -1.22. The lowest BCUT2D eigenvalue weighted by atomic mass is 10.2. The first-order valence-corrected chi connectivity index (χ1v) is 11.8. The lowest BCUT2D eigenvalue weighted by Crippen LogP contribution is -2.43. The van der Waals surface area contributed by atoms with Crippen molar-refractivity contribution in [2.75, 3.05) is 51.3 Å². The number of nitrogens with zero attached hydrogens (tertiary/aromatic N) is 3. The number of nitrogens with one attached hydrogen (secondary N) is 1. The number of hydrogen-bond donors (Lipinski definition) is 1. The van der Waals surface area contributed by atoms with Crippen molar-refractivity contribution in [3.8, 4) is 0 Å². The molecule has 8 heteroatoms. The lowest BCUT2D eigenvalue weighted by Gasteiger charge is -2.23. The van der Waals surface area contributed by atoms with Crippen molar-refractivity contribution in [2.24, 2.45) is 10.9 Å². The third-order valence-electron chi connectivity index (χ3n) is 4.87. The fourth-order valence-corrected chi connectivity index (χ4v) is 6.04. The molecule has 0 spiro atoms. The van der Waals surface area contributed by atoms with Crippen molar-refractivity contribution in [3.63, 3.8) is 0 Å². The van der Waals surface area contributed by atoms with Crippen LogP contribution in [0.25, 0.3) is 0 Å². The molecule has 0 amide bonds. The SMILES string of the molecule is CN=C(NCCN1CCCS1(=O)=O)N1CCC(CSc2ccccc2)C1. The van der Waals surface area contributed by atoms with Crippen LogP contribution < -0.4 is 5.32 Å². The van der Waals surface area contributed by atoms with Crippen molar-refractivity contribution >= 4 is 27.7 Å². The van der Waals surface area contributed by atoms with Gasteiger partial charge < -0.3 is 10.2 Å². The number of benzene rings is 1. The molecule has 2 aliphatic rings. The summed E-state index contributed by atoms with van der Waals surface area (Å²) in [5, 5.41) is 3.33. The number of sulfonamides is 1. The van der Waals surface area contributed by atoms with Gasteiger partial charge in [-0.2, -0.15) is 0 Å². The summed E-state index contributed by atoms with van der Waals surface area (Å²) in [4.78, 5) is 7.99. The van der Waals surface area contributed by atoms with Crippen LogP contribution in [-0.2, 0) is 10.0 Å². The van der Waals surface area contributed by atoms with E-state index >= 15 is 0 Å². The Morgan fingerprint density at radius 1 is 1.31 bits per heavy atom. The Bertz CT molecular complexity index is 709. The molecule has 2 saturated heterocycles. The van der Waals surface area contributed by atoms with E-state index in [0.29, 0.717) is 25.6 Å². The number of thioether (sulfide) groups is 1. The Labute approximate surface area is 161 Å². The van der Waals surface area contributed by atoms with E-state index in [2.05, 4.69) is 39.5 Å². The third kappa shape index (κ3) is 5.14. The molecule has 0 saturated carbocycles. The Hall–Kier alpha value is -1.25. The molecule has 1 unspecified atom stereocenters. The molecule has 6 nitrogen and oxygen atoms in total. The van der Waals surface area contributed by atoms with Crippen LogP contribution in [0.2, 0.25) is 0 Å². The van der Waals surface area contributed by atoms with E-state index in [1.54, 1.807) is 11.4 Å². The zero-order valence-electron chi connectivity index (χ0n) is 15.3. The predicted molar refractivity (Wildman–Crippen MR) is 108 cm³/mol. The van der Waals surface area contributed by atoms with Crippen LogP contribution in [0.4, 0.5) is 0 Å². The minimum atomic E-state index is -3.02. The van der Waals surface area contributed by atoms with Crippen LogP contribution in [0.1, 0.15) is 12.8 Å². The highest BCUT2D eigenvalue weighted by molar-refractivity contribution is 7.99. The maximum Gasteiger partial charge on any atom is 0.214 e. The summed E-state index contributed by atoms with van der Waals surface area (Å²) in [6.07, 6.45) is 1.91. The highest BCUT2D eigenvalue weighted by atomic mass is 32.2. The van der Waals surface area contributed by atoms with E-state index in [1.165, 1.54) is 11.3 Å². The number of likely N-dealkylation sites (tertiary alicyclic amines) is 1. The first-order chi connectivity index (χ1) is 12.6. The smallest absolute Gasteiger partial charge is 0.214 e. The molecule has 26 heavy (non-hydrogen) atoms. The zero-order valence-corrected chi connectivity index (χ0v) is 16.9. The molecule has 0 radical (unpaired) electrons. The molecule has 1 atom stereocenters. The molecule has 0 aromatic heterocycles. The number of guanidine groups is 1. The average Bonchev–Trinajstić information content (AvgIpc) is 3.24. The van der Waals surface area contributed by atoms with Gasteiger partial charge in [0.25, 0.3) is 0 Å². The van der Waals surface area contributed by atoms with E-state index in [1.807, 2.05) is 17.8 Å². The van der Waals surface area contributed by atoms with Crippen molar-refractivity contribution in [2.45, 2.75) is 17.7 Å². The van der Waals surface area contributed by atoms with Gasteiger partial charge in [-0.15, -0.1) is 11.8 Å². The van der Waals surface area contributed by atoms with Crippen molar-refractivity contribution in [1.29, 1.82) is 0 Å². The first kappa shape index (κ1) is 19.5. The van der Waals surface area contributed by atoms with Crippen molar-refractivity contribution in [3.05, 3.63) is 30.3 Å². The summed E-state index contributed by atoms with van der Waals surface area (Å²) in [6, 6.07) is 10.5. The number of hydrogen-bond acceptors (Lipinski definition) is 4. The summed E-state index contributed by atoms with van der Waals surface area (Å²) in [5.74, 6) is 2.93. The second-order valence-electron chi connectivity index (χ2n) is 6.77. The maximum absolute atomic E-state index is 11.9. The molecule has 1 aromatic rings. The minimum absolute atomic E-state index is 0.286. The average molecular weight is 397 g/mol. The van der Waals surface area contributed by atoms with Gasteiger partial charge in [-0.1, -0.05) is 18.2 Å². The van der Waals surface area contributed by atoms with Gasteiger partial charge in [0.2, 0.25) is 10.0 Å². The second kappa shape index (κ2) is 9.10. The Morgan fingerprint density at radius 3 is 2.81 bits per heavy atom. The zero-order chi connectivity index (χ0) is 18.4. The molecule has 2 fully saturated rings. The van der Waals surface area contributed by atoms with Crippen LogP contribution in [0.15, 0.2) is 40.2 Å². The standard InChI is InChI=1S/C18H28N4O2S2/c1-19-18(20-9-12-22-10-5-13-26(22,23)24)21-11-8-16(14-21)15-25-17-6-3-2-4-7-17/h2-4,6-7,16H,5,8-15H2,1H3,(H,19,20). The molecule has 0 bridgehead atoms. The molecule has 144 valence electrons. The first-order valence-electron chi connectivity index (χ1n) is 9.20. The van der Waals surface area contributed by atoms with Gasteiger partial charge in [-0.05, 0) is 30.9 Å². The van der Waals surface area contributed by atoms with Gasteiger partial charge in [0.05, 0.1) is 5.75 Å². The van der Waals surface area contributed by atoms with Gasteiger partial charge in [0, 0.05) is 50.4 Å². The summed E-state index contributed by atoms with van der Waals surface area (Å²) in [6.45, 7) is 3.77. The molecule has 2 heterocycles. The van der Waals surface area contributed by atoms with Crippen LogP contribution in [0, 0.1) is 5.92 Å². The summed E-state index contributed by atoms with van der Waals surface area (Å²) >= 11 is 1.91. The minimum Gasteiger partial charge on any atom is -0.355 e. The van der Waals surface area contributed by atoms with Gasteiger partial charge >= 0.3 is 0 Å². The van der Waals surface area contributed by atoms with Gasteiger partial charge in [-0.25, -0.2) is 12.7 Å². The van der Waals surface area contributed by atoms with Gasteiger partial charge in [0.1, 0.15) is 0 Å². The normalized spacial score (nSPS) is 23.5.